The summed E-state index contributed by atoms with van der Waals surface area (Å²) in [5.41, 5.74) is 5.03. The minimum absolute atomic E-state index is 0.114. The Kier molecular flexibility index (Phi) is 5.00. The number of nitrogens with two attached hydrogens (primary N) is 1. The van der Waals surface area contributed by atoms with Gasteiger partial charge >= 0.3 is 0 Å². The van der Waals surface area contributed by atoms with Crippen LogP contribution >= 0.6 is 0 Å². The predicted octanol–water partition coefficient (Wildman–Crippen LogP) is 4.22. The zero-order chi connectivity index (χ0) is 13.7. The molecule has 2 rings (SSSR count). The molecule has 0 bridgehead atoms. The average molecular weight is 260 g/mol. The van der Waals surface area contributed by atoms with Crippen molar-refractivity contribution in [3.63, 3.8) is 0 Å². The first-order valence-electron chi connectivity index (χ1n) is 7.21. The summed E-state index contributed by atoms with van der Waals surface area (Å²) >= 11 is 0. The molecule has 1 aromatic carbocycles. The van der Waals surface area contributed by atoms with E-state index in [1.54, 1.807) is 0 Å². The Morgan fingerprint density at radius 2 is 2.11 bits per heavy atom. The van der Waals surface area contributed by atoms with E-state index < -0.39 is 0 Å². The third-order valence-corrected chi connectivity index (χ3v) is 3.65. The number of furan rings is 1. The lowest BCUT2D eigenvalue weighted by atomic mass is 10.1. The maximum Gasteiger partial charge on any atom is 0.137 e. The Balaban J connectivity index is 2.10. The average Bonchev–Trinajstić information content (AvgIpc) is 2.84. The number of rotatable bonds is 7. The van der Waals surface area contributed by atoms with Crippen LogP contribution in [0.1, 0.15) is 56.4 Å². The second-order valence-electron chi connectivity index (χ2n) is 5.21. The second-order valence-corrected chi connectivity index (χ2v) is 5.21. The second kappa shape index (κ2) is 6.73. The van der Waals surface area contributed by atoms with E-state index in [0.717, 1.165) is 23.2 Å². The molecule has 3 nitrogen and oxygen atoms in total. The van der Waals surface area contributed by atoms with E-state index in [2.05, 4.69) is 43.5 Å². The molecule has 0 amide bonds. The molecule has 0 aliphatic heterocycles. The fourth-order valence-electron chi connectivity index (χ4n) is 2.48. The summed E-state index contributed by atoms with van der Waals surface area (Å²) in [5, 5.41) is 1.16. The molecule has 0 spiro atoms. The van der Waals surface area contributed by atoms with Gasteiger partial charge in [-0.3, -0.25) is 5.84 Å². The molecule has 1 aromatic heterocycles. The van der Waals surface area contributed by atoms with E-state index in [-0.39, 0.29) is 6.04 Å². The molecule has 0 saturated carbocycles. The van der Waals surface area contributed by atoms with Crippen molar-refractivity contribution in [3.05, 3.63) is 35.6 Å². The largest absolute Gasteiger partial charge is 0.459 e. The first-order valence-corrected chi connectivity index (χ1v) is 7.21. The first-order chi connectivity index (χ1) is 9.26. The van der Waals surface area contributed by atoms with Crippen LogP contribution in [0.5, 0.6) is 0 Å². The standard InChI is InChI=1S/C16H24N2O/c1-3-4-5-6-10-14(18-17)15-11-13-9-7-8-12(2)16(13)19-15/h7-9,11,14,18H,3-6,10,17H2,1-2H3. The minimum atomic E-state index is 0.114. The maximum atomic E-state index is 5.97. The fraction of sp³-hybridized carbons (Fsp3) is 0.500. The van der Waals surface area contributed by atoms with E-state index in [4.69, 9.17) is 10.3 Å². The van der Waals surface area contributed by atoms with Gasteiger partial charge in [0.05, 0.1) is 6.04 Å². The number of para-hydroxylation sites is 1. The van der Waals surface area contributed by atoms with Gasteiger partial charge in [0.25, 0.3) is 0 Å². The smallest absolute Gasteiger partial charge is 0.137 e. The Morgan fingerprint density at radius 1 is 1.26 bits per heavy atom. The SMILES string of the molecule is CCCCCCC(NN)c1cc2cccc(C)c2o1. The van der Waals surface area contributed by atoms with Crippen LogP contribution < -0.4 is 11.3 Å². The lowest BCUT2D eigenvalue weighted by molar-refractivity contribution is 0.402. The number of fused-ring (bicyclic) bond motifs is 1. The van der Waals surface area contributed by atoms with Crippen molar-refractivity contribution in [2.75, 3.05) is 0 Å². The van der Waals surface area contributed by atoms with Crippen molar-refractivity contribution in [2.24, 2.45) is 5.84 Å². The third-order valence-electron chi connectivity index (χ3n) is 3.65. The first kappa shape index (κ1) is 14.1. The summed E-state index contributed by atoms with van der Waals surface area (Å²) in [6, 6.07) is 8.43. The number of benzene rings is 1. The van der Waals surface area contributed by atoms with Gasteiger partial charge in [-0.2, -0.15) is 0 Å². The summed E-state index contributed by atoms with van der Waals surface area (Å²) in [6.07, 6.45) is 6.00. The number of nitrogens with one attached hydrogen (secondary N) is 1. The summed E-state index contributed by atoms with van der Waals surface area (Å²) in [7, 11) is 0. The van der Waals surface area contributed by atoms with Crippen molar-refractivity contribution in [1.29, 1.82) is 0 Å². The summed E-state index contributed by atoms with van der Waals surface area (Å²) in [5.74, 6) is 6.62. The zero-order valence-electron chi connectivity index (χ0n) is 11.9. The summed E-state index contributed by atoms with van der Waals surface area (Å²) in [4.78, 5) is 0. The van der Waals surface area contributed by atoms with Gasteiger partial charge in [0.2, 0.25) is 0 Å². The molecule has 0 radical (unpaired) electrons. The van der Waals surface area contributed by atoms with E-state index in [1.165, 1.54) is 31.2 Å². The Morgan fingerprint density at radius 3 is 2.79 bits per heavy atom. The quantitative estimate of drug-likeness (QED) is 0.445. The Hall–Kier alpha value is -1.32. The molecule has 2 aromatic rings. The molecule has 0 aliphatic carbocycles. The summed E-state index contributed by atoms with van der Waals surface area (Å²) < 4.78 is 5.97. The van der Waals surface area contributed by atoms with Crippen LogP contribution in [0.25, 0.3) is 11.0 Å². The normalized spacial score (nSPS) is 13.0. The van der Waals surface area contributed by atoms with Crippen LogP contribution in [-0.2, 0) is 0 Å². The van der Waals surface area contributed by atoms with Gasteiger partial charge in [-0.15, -0.1) is 0 Å². The molecule has 0 aliphatic rings. The van der Waals surface area contributed by atoms with Crippen molar-refractivity contribution in [1.82, 2.24) is 5.43 Å². The topological polar surface area (TPSA) is 51.2 Å². The van der Waals surface area contributed by atoms with Crippen LogP contribution in [0, 0.1) is 6.92 Å². The lowest BCUT2D eigenvalue weighted by Gasteiger charge is -2.12. The Bertz CT molecular complexity index is 518. The molecule has 3 N–H and O–H groups in total. The molecule has 0 saturated heterocycles. The third kappa shape index (κ3) is 3.37. The fourth-order valence-corrected chi connectivity index (χ4v) is 2.48. The highest BCUT2D eigenvalue weighted by Crippen LogP contribution is 2.28. The minimum Gasteiger partial charge on any atom is -0.459 e. The number of hydrazine groups is 1. The number of hydrogen-bond acceptors (Lipinski definition) is 3. The molecule has 104 valence electrons. The number of aryl methyl sites for hydroxylation is 1. The monoisotopic (exact) mass is 260 g/mol. The van der Waals surface area contributed by atoms with Gasteiger partial charge in [-0.25, -0.2) is 5.43 Å². The van der Waals surface area contributed by atoms with Crippen molar-refractivity contribution in [3.8, 4) is 0 Å². The van der Waals surface area contributed by atoms with Crippen LogP contribution in [-0.4, -0.2) is 0 Å². The summed E-state index contributed by atoms with van der Waals surface area (Å²) in [6.45, 7) is 4.29. The zero-order valence-corrected chi connectivity index (χ0v) is 11.9. The highest BCUT2D eigenvalue weighted by atomic mass is 16.3. The molecule has 19 heavy (non-hydrogen) atoms. The van der Waals surface area contributed by atoms with E-state index in [1.807, 2.05) is 0 Å². The predicted molar refractivity (Wildman–Crippen MR) is 79.8 cm³/mol. The van der Waals surface area contributed by atoms with Crippen LogP contribution in [0.15, 0.2) is 28.7 Å². The molecular formula is C16H24N2O. The molecular weight excluding hydrogens is 236 g/mol. The van der Waals surface area contributed by atoms with E-state index >= 15 is 0 Å². The highest BCUT2D eigenvalue weighted by Gasteiger charge is 2.15. The van der Waals surface area contributed by atoms with Gasteiger partial charge in [-0.05, 0) is 25.0 Å². The van der Waals surface area contributed by atoms with E-state index in [9.17, 15) is 0 Å². The molecule has 1 atom stereocenters. The van der Waals surface area contributed by atoms with Crippen molar-refractivity contribution >= 4 is 11.0 Å². The molecule has 1 heterocycles. The molecule has 0 fully saturated rings. The van der Waals surface area contributed by atoms with Crippen LogP contribution in [0.4, 0.5) is 0 Å². The van der Waals surface area contributed by atoms with Crippen molar-refractivity contribution in [2.45, 2.75) is 52.0 Å². The van der Waals surface area contributed by atoms with Gasteiger partial charge in [0.1, 0.15) is 11.3 Å². The van der Waals surface area contributed by atoms with Gasteiger partial charge in [0.15, 0.2) is 0 Å². The van der Waals surface area contributed by atoms with Gasteiger partial charge < -0.3 is 4.42 Å². The Labute approximate surface area is 115 Å². The lowest BCUT2D eigenvalue weighted by Crippen LogP contribution is -2.27. The molecule has 3 heteroatoms. The van der Waals surface area contributed by atoms with E-state index in [0.29, 0.717) is 0 Å². The maximum absolute atomic E-state index is 5.97. The number of unbranched alkanes of at least 4 members (excludes halogenated alkanes) is 3. The van der Waals surface area contributed by atoms with Crippen LogP contribution in [0.2, 0.25) is 0 Å². The highest BCUT2D eigenvalue weighted by molar-refractivity contribution is 5.80. The van der Waals surface area contributed by atoms with Crippen molar-refractivity contribution < 1.29 is 4.42 Å². The van der Waals surface area contributed by atoms with Gasteiger partial charge in [0, 0.05) is 5.39 Å². The van der Waals surface area contributed by atoms with Gasteiger partial charge in [-0.1, -0.05) is 50.8 Å². The molecule has 1 unspecified atom stereocenters. The van der Waals surface area contributed by atoms with Crippen LogP contribution in [0.3, 0.4) is 0 Å². The number of hydrogen-bond donors (Lipinski definition) is 2.